The fourth-order valence-electron chi connectivity index (χ4n) is 1.80. The molecule has 96 valence electrons. The van der Waals surface area contributed by atoms with E-state index in [0.717, 1.165) is 5.69 Å². The summed E-state index contributed by atoms with van der Waals surface area (Å²) in [5.74, 6) is -0.198. The van der Waals surface area contributed by atoms with E-state index in [0.29, 0.717) is 11.3 Å². The number of hydrogen-bond acceptors (Lipinski definition) is 4. The minimum absolute atomic E-state index is 0.121. The first-order chi connectivity index (χ1) is 8.02. The molecule has 0 saturated carbocycles. The van der Waals surface area contributed by atoms with Crippen LogP contribution >= 0.6 is 0 Å². The molecule has 1 aromatic heterocycles. The molecule has 0 unspecified atom stereocenters. The minimum Gasteiger partial charge on any atom is -0.395 e. The number of carbonyl (C=O) groups is 1. The largest absolute Gasteiger partial charge is 0.395 e. The van der Waals surface area contributed by atoms with Gasteiger partial charge in [-0.1, -0.05) is 0 Å². The van der Waals surface area contributed by atoms with Crippen molar-refractivity contribution >= 4 is 5.91 Å². The Morgan fingerprint density at radius 1 is 1.29 bits per heavy atom. The third-order valence-electron chi connectivity index (χ3n) is 2.75. The zero-order valence-electron chi connectivity index (χ0n) is 10.5. The van der Waals surface area contributed by atoms with Crippen molar-refractivity contribution in [3.8, 4) is 0 Å². The third kappa shape index (κ3) is 2.83. The lowest BCUT2D eigenvalue weighted by Gasteiger charge is -2.20. The Labute approximate surface area is 100 Å². The molecule has 0 radical (unpaired) electrons. The normalized spacial score (nSPS) is 10.6. The van der Waals surface area contributed by atoms with E-state index in [1.54, 1.807) is 18.7 Å². The average molecular weight is 241 g/mol. The zero-order chi connectivity index (χ0) is 13.0. The van der Waals surface area contributed by atoms with Gasteiger partial charge in [0.15, 0.2) is 0 Å². The highest BCUT2D eigenvalue weighted by Crippen LogP contribution is 2.14. The fourth-order valence-corrected chi connectivity index (χ4v) is 1.80. The van der Waals surface area contributed by atoms with Crippen LogP contribution in [0.5, 0.6) is 0 Å². The molecule has 0 aliphatic carbocycles. The maximum atomic E-state index is 12.2. The Balaban J connectivity index is 3.00. The first-order valence-corrected chi connectivity index (χ1v) is 5.54. The van der Waals surface area contributed by atoms with Gasteiger partial charge < -0.3 is 15.1 Å². The molecule has 1 amide bonds. The van der Waals surface area contributed by atoms with Crippen LogP contribution in [0.2, 0.25) is 0 Å². The Bertz CT molecular complexity index is 395. The maximum absolute atomic E-state index is 12.2. The van der Waals surface area contributed by atoms with Gasteiger partial charge in [0.25, 0.3) is 5.91 Å². The highest BCUT2D eigenvalue weighted by Gasteiger charge is 2.22. The van der Waals surface area contributed by atoms with Crippen molar-refractivity contribution < 1.29 is 15.0 Å². The topological polar surface area (TPSA) is 78.6 Å². The number of hydrogen-bond donors (Lipinski definition) is 2. The van der Waals surface area contributed by atoms with Gasteiger partial charge in [0.2, 0.25) is 0 Å². The summed E-state index contributed by atoms with van der Waals surface area (Å²) in [6, 6.07) is 0. The number of amides is 1. The molecule has 0 bridgehead atoms. The number of carbonyl (C=O) groups excluding carboxylic acids is 1. The van der Waals surface area contributed by atoms with Crippen molar-refractivity contribution in [2.24, 2.45) is 7.05 Å². The van der Waals surface area contributed by atoms with E-state index in [2.05, 4.69) is 5.10 Å². The van der Waals surface area contributed by atoms with Crippen LogP contribution in [0.1, 0.15) is 21.7 Å². The predicted octanol–water partition coefficient (Wildman–Crippen LogP) is -0.536. The van der Waals surface area contributed by atoms with Crippen LogP contribution in [0.4, 0.5) is 0 Å². The highest BCUT2D eigenvalue weighted by molar-refractivity contribution is 5.96. The van der Waals surface area contributed by atoms with Gasteiger partial charge in [0.05, 0.1) is 24.5 Å². The molecule has 6 nitrogen and oxygen atoms in total. The second kappa shape index (κ2) is 5.79. The van der Waals surface area contributed by atoms with Gasteiger partial charge in [0.1, 0.15) is 0 Å². The number of nitrogens with zero attached hydrogens (tertiary/aromatic N) is 3. The summed E-state index contributed by atoms with van der Waals surface area (Å²) in [7, 11) is 1.78. The molecule has 17 heavy (non-hydrogen) atoms. The lowest BCUT2D eigenvalue weighted by Crippen LogP contribution is -2.36. The van der Waals surface area contributed by atoms with Crippen molar-refractivity contribution in [1.82, 2.24) is 14.7 Å². The second-order valence-electron chi connectivity index (χ2n) is 3.91. The first-order valence-electron chi connectivity index (χ1n) is 5.54. The molecule has 0 spiro atoms. The van der Waals surface area contributed by atoms with Gasteiger partial charge in [-0.05, 0) is 13.8 Å². The van der Waals surface area contributed by atoms with Gasteiger partial charge in [-0.25, -0.2) is 0 Å². The molecular weight excluding hydrogens is 222 g/mol. The quantitative estimate of drug-likeness (QED) is 0.726. The highest BCUT2D eigenvalue weighted by atomic mass is 16.3. The van der Waals surface area contributed by atoms with Crippen LogP contribution in [-0.4, -0.2) is 57.1 Å². The van der Waals surface area contributed by atoms with Crippen molar-refractivity contribution in [1.29, 1.82) is 0 Å². The van der Waals surface area contributed by atoms with Crippen LogP contribution in [0.25, 0.3) is 0 Å². The monoisotopic (exact) mass is 241 g/mol. The van der Waals surface area contributed by atoms with Crippen molar-refractivity contribution in [3.63, 3.8) is 0 Å². The summed E-state index contributed by atoms with van der Waals surface area (Å²) in [6.07, 6.45) is 0. The van der Waals surface area contributed by atoms with Crippen LogP contribution in [-0.2, 0) is 7.05 Å². The molecule has 2 N–H and O–H groups in total. The van der Waals surface area contributed by atoms with Crippen molar-refractivity contribution in [2.75, 3.05) is 26.3 Å². The number of aromatic nitrogens is 2. The minimum atomic E-state index is -0.198. The first kappa shape index (κ1) is 13.7. The van der Waals surface area contributed by atoms with Crippen LogP contribution < -0.4 is 0 Å². The molecule has 0 fully saturated rings. The van der Waals surface area contributed by atoms with E-state index in [1.807, 2.05) is 6.92 Å². The molecular formula is C11H19N3O3. The van der Waals surface area contributed by atoms with Crippen LogP contribution in [0, 0.1) is 13.8 Å². The molecule has 0 saturated heterocycles. The Morgan fingerprint density at radius 3 is 2.18 bits per heavy atom. The fraction of sp³-hybridized carbons (Fsp3) is 0.636. The summed E-state index contributed by atoms with van der Waals surface area (Å²) >= 11 is 0. The lowest BCUT2D eigenvalue weighted by atomic mass is 10.1. The third-order valence-corrected chi connectivity index (χ3v) is 2.75. The zero-order valence-corrected chi connectivity index (χ0v) is 10.5. The molecule has 0 aromatic carbocycles. The standard InChI is InChI=1S/C11H19N3O3/c1-8-10(9(2)13(3)12-8)11(17)14(4-6-15)5-7-16/h15-16H,4-7H2,1-3H3. The van der Waals surface area contributed by atoms with Gasteiger partial charge in [-0.3, -0.25) is 9.48 Å². The number of rotatable bonds is 5. The number of aryl methyl sites for hydroxylation is 2. The Morgan fingerprint density at radius 2 is 1.82 bits per heavy atom. The molecule has 0 aliphatic heterocycles. The molecule has 1 heterocycles. The maximum Gasteiger partial charge on any atom is 0.257 e. The molecule has 0 atom stereocenters. The summed E-state index contributed by atoms with van der Waals surface area (Å²) in [4.78, 5) is 13.7. The van der Waals surface area contributed by atoms with Gasteiger partial charge >= 0.3 is 0 Å². The average Bonchev–Trinajstić information content (AvgIpc) is 2.52. The van der Waals surface area contributed by atoms with E-state index in [9.17, 15) is 4.79 Å². The number of aliphatic hydroxyl groups excluding tert-OH is 2. The lowest BCUT2D eigenvalue weighted by molar-refractivity contribution is 0.0683. The van der Waals surface area contributed by atoms with Crippen LogP contribution in [0.3, 0.4) is 0 Å². The Hall–Kier alpha value is -1.40. The predicted molar refractivity (Wildman–Crippen MR) is 62.8 cm³/mol. The Kier molecular flexibility index (Phi) is 4.65. The number of aliphatic hydroxyl groups is 2. The second-order valence-corrected chi connectivity index (χ2v) is 3.91. The summed E-state index contributed by atoms with van der Waals surface area (Å²) in [6.45, 7) is 3.79. The van der Waals surface area contributed by atoms with Gasteiger partial charge in [-0.2, -0.15) is 5.10 Å². The molecule has 6 heteroatoms. The summed E-state index contributed by atoms with van der Waals surface area (Å²) < 4.78 is 1.65. The molecule has 0 aliphatic rings. The summed E-state index contributed by atoms with van der Waals surface area (Å²) in [5, 5.41) is 22.0. The SMILES string of the molecule is Cc1nn(C)c(C)c1C(=O)N(CCO)CCO. The van der Waals surface area contributed by atoms with Crippen molar-refractivity contribution in [2.45, 2.75) is 13.8 Å². The van der Waals surface area contributed by atoms with Crippen molar-refractivity contribution in [3.05, 3.63) is 17.0 Å². The smallest absolute Gasteiger partial charge is 0.257 e. The molecule has 1 aromatic rings. The van der Waals surface area contributed by atoms with E-state index >= 15 is 0 Å². The van der Waals surface area contributed by atoms with Crippen LogP contribution in [0.15, 0.2) is 0 Å². The summed E-state index contributed by atoms with van der Waals surface area (Å²) in [5.41, 5.74) is 2.00. The van der Waals surface area contributed by atoms with E-state index < -0.39 is 0 Å². The molecule has 1 rings (SSSR count). The van der Waals surface area contributed by atoms with E-state index in [4.69, 9.17) is 10.2 Å². The van der Waals surface area contributed by atoms with E-state index in [-0.39, 0.29) is 32.2 Å². The van der Waals surface area contributed by atoms with Gasteiger partial charge in [0, 0.05) is 25.8 Å². The van der Waals surface area contributed by atoms with Gasteiger partial charge in [-0.15, -0.1) is 0 Å². The van der Waals surface area contributed by atoms with E-state index in [1.165, 1.54) is 4.90 Å².